The average Bonchev–Trinajstić information content (AvgIpc) is 2.60. The Labute approximate surface area is 85.8 Å². The van der Waals surface area contributed by atoms with Gasteiger partial charge in [0.25, 0.3) is 5.78 Å². The summed E-state index contributed by atoms with van der Waals surface area (Å²) in [6, 6.07) is 8.55. The monoisotopic (exact) mass is 204 g/mol. The van der Waals surface area contributed by atoms with Crippen LogP contribution < -0.4 is 0 Å². The first kappa shape index (κ1) is 9.45. The van der Waals surface area contributed by atoms with Crippen molar-refractivity contribution in [1.29, 1.82) is 0 Å². The maximum absolute atomic E-state index is 11.2. The fourth-order valence-electron chi connectivity index (χ4n) is 1.34. The second kappa shape index (κ2) is 3.57. The molecule has 2 rings (SSSR count). The molecule has 0 aromatic heterocycles. The number of hydrogen-bond donors (Lipinski definition) is 1. The summed E-state index contributed by atoms with van der Waals surface area (Å²) in [7, 11) is 0. The van der Waals surface area contributed by atoms with Gasteiger partial charge in [0.2, 0.25) is 0 Å². The molecule has 0 unspecified atom stereocenters. The maximum atomic E-state index is 11.2. The first-order valence-corrected chi connectivity index (χ1v) is 4.39. The number of Topliss-reactive ketones (excluding diaryl/α,β-unsaturated/α-hetero) is 1. The van der Waals surface area contributed by atoms with E-state index < -0.39 is 11.8 Å². The molecule has 0 atom stereocenters. The highest BCUT2D eigenvalue weighted by molar-refractivity contribution is 6.43. The Hall–Kier alpha value is -2.10. The van der Waals surface area contributed by atoms with Crippen molar-refractivity contribution < 1.29 is 19.4 Å². The quantitative estimate of drug-likeness (QED) is 0.322. The van der Waals surface area contributed by atoms with E-state index in [-0.39, 0.29) is 17.9 Å². The third-order valence-electron chi connectivity index (χ3n) is 2.14. The fourth-order valence-corrected chi connectivity index (χ4v) is 1.34. The summed E-state index contributed by atoms with van der Waals surface area (Å²) in [5.41, 5.74) is 0.519. The van der Waals surface area contributed by atoms with Gasteiger partial charge in [-0.25, -0.2) is 4.79 Å². The lowest BCUT2D eigenvalue weighted by atomic mass is 10.1. The molecule has 4 nitrogen and oxygen atoms in total. The van der Waals surface area contributed by atoms with Gasteiger partial charge in [-0.2, -0.15) is 0 Å². The molecule has 0 amide bonds. The largest absolute Gasteiger partial charge is 0.507 e. The van der Waals surface area contributed by atoms with Crippen LogP contribution in [0.5, 0.6) is 0 Å². The standard InChI is InChI=1S/C11H8O4/c12-9(7-4-2-1-3-5-7)8-6-15-11(14)10(8)13/h1-5,12H,6H2. The van der Waals surface area contributed by atoms with Gasteiger partial charge in [-0.05, 0) is 0 Å². The van der Waals surface area contributed by atoms with Crippen LogP contribution in [0.2, 0.25) is 0 Å². The molecule has 1 aromatic carbocycles. The lowest BCUT2D eigenvalue weighted by Crippen LogP contribution is -2.07. The Bertz CT molecular complexity index is 445. The Morgan fingerprint density at radius 3 is 2.40 bits per heavy atom. The van der Waals surface area contributed by atoms with E-state index in [4.69, 9.17) is 0 Å². The number of hydrogen-bond acceptors (Lipinski definition) is 4. The van der Waals surface area contributed by atoms with Gasteiger partial charge in [0.1, 0.15) is 12.4 Å². The molecule has 1 aliphatic heterocycles. The van der Waals surface area contributed by atoms with Gasteiger partial charge in [-0.15, -0.1) is 0 Å². The van der Waals surface area contributed by atoms with Crippen LogP contribution in [0.4, 0.5) is 0 Å². The van der Waals surface area contributed by atoms with Crippen molar-refractivity contribution in [2.75, 3.05) is 6.61 Å². The molecular formula is C11H8O4. The molecule has 4 heteroatoms. The number of esters is 1. The lowest BCUT2D eigenvalue weighted by molar-refractivity contribution is -0.146. The van der Waals surface area contributed by atoms with E-state index in [0.29, 0.717) is 5.56 Å². The second-order valence-electron chi connectivity index (χ2n) is 3.10. The summed E-state index contributed by atoms with van der Waals surface area (Å²) >= 11 is 0. The predicted molar refractivity (Wildman–Crippen MR) is 52.0 cm³/mol. The van der Waals surface area contributed by atoms with E-state index in [1.54, 1.807) is 30.3 Å². The van der Waals surface area contributed by atoms with E-state index in [1.165, 1.54) is 0 Å². The fraction of sp³-hybridized carbons (Fsp3) is 0.0909. The van der Waals surface area contributed by atoms with Crippen molar-refractivity contribution in [2.45, 2.75) is 0 Å². The van der Waals surface area contributed by atoms with Crippen LogP contribution in [0, 0.1) is 0 Å². The number of carbonyl (C=O) groups excluding carboxylic acids is 2. The summed E-state index contributed by atoms with van der Waals surface area (Å²) in [5, 5.41) is 9.74. The zero-order valence-corrected chi connectivity index (χ0v) is 7.77. The number of benzene rings is 1. The maximum Gasteiger partial charge on any atom is 0.379 e. The minimum absolute atomic E-state index is 0.0196. The van der Waals surface area contributed by atoms with Gasteiger partial charge < -0.3 is 9.84 Å². The molecule has 76 valence electrons. The predicted octanol–water partition coefficient (Wildman–Crippen LogP) is 1.08. The zero-order chi connectivity index (χ0) is 10.8. The Morgan fingerprint density at radius 2 is 1.87 bits per heavy atom. The highest BCUT2D eigenvalue weighted by atomic mass is 16.5. The molecule has 0 spiro atoms. The molecule has 1 N–H and O–H groups in total. The average molecular weight is 204 g/mol. The molecule has 0 aliphatic carbocycles. The molecular weight excluding hydrogens is 196 g/mol. The van der Waals surface area contributed by atoms with Gasteiger partial charge in [-0.3, -0.25) is 4.79 Å². The lowest BCUT2D eigenvalue weighted by Gasteiger charge is -2.00. The highest BCUT2D eigenvalue weighted by Gasteiger charge is 2.32. The molecule has 1 aromatic rings. The minimum Gasteiger partial charge on any atom is -0.507 e. The number of carbonyl (C=O) groups is 2. The second-order valence-corrected chi connectivity index (χ2v) is 3.10. The van der Waals surface area contributed by atoms with E-state index >= 15 is 0 Å². The molecule has 1 aliphatic rings. The van der Waals surface area contributed by atoms with Crippen molar-refractivity contribution in [3.63, 3.8) is 0 Å². The van der Waals surface area contributed by atoms with Gasteiger partial charge in [0, 0.05) is 5.56 Å². The van der Waals surface area contributed by atoms with Gasteiger partial charge in [-0.1, -0.05) is 30.3 Å². The number of ketones is 1. The SMILES string of the molecule is O=C1OCC(=C(O)c2ccccc2)C1=O. The van der Waals surface area contributed by atoms with Crippen LogP contribution in [0.15, 0.2) is 35.9 Å². The third kappa shape index (κ3) is 1.61. The van der Waals surface area contributed by atoms with Crippen LogP contribution >= 0.6 is 0 Å². The van der Waals surface area contributed by atoms with Crippen molar-refractivity contribution in [3.05, 3.63) is 41.5 Å². The summed E-state index contributed by atoms with van der Waals surface area (Å²) < 4.78 is 4.51. The first-order valence-electron chi connectivity index (χ1n) is 4.39. The van der Waals surface area contributed by atoms with E-state index in [2.05, 4.69) is 4.74 Å². The molecule has 1 saturated heterocycles. The molecule has 0 radical (unpaired) electrons. The molecule has 0 bridgehead atoms. The highest BCUT2D eigenvalue weighted by Crippen LogP contribution is 2.20. The van der Waals surface area contributed by atoms with Crippen LogP contribution in [-0.2, 0) is 14.3 Å². The number of cyclic esters (lactones) is 1. The number of rotatable bonds is 1. The van der Waals surface area contributed by atoms with Crippen molar-refractivity contribution in [3.8, 4) is 0 Å². The normalized spacial score (nSPS) is 18.9. The molecule has 0 saturated carbocycles. The van der Waals surface area contributed by atoms with Gasteiger partial charge >= 0.3 is 5.97 Å². The van der Waals surface area contributed by atoms with E-state index in [9.17, 15) is 14.7 Å². The zero-order valence-electron chi connectivity index (χ0n) is 7.77. The van der Waals surface area contributed by atoms with Crippen LogP contribution in [0.25, 0.3) is 5.76 Å². The third-order valence-corrected chi connectivity index (χ3v) is 2.14. The van der Waals surface area contributed by atoms with Crippen LogP contribution in [-0.4, -0.2) is 23.5 Å². The number of ether oxygens (including phenoxy) is 1. The van der Waals surface area contributed by atoms with Crippen molar-refractivity contribution in [1.82, 2.24) is 0 Å². The van der Waals surface area contributed by atoms with Crippen molar-refractivity contribution in [2.24, 2.45) is 0 Å². The van der Waals surface area contributed by atoms with E-state index in [0.717, 1.165) is 0 Å². The molecule has 1 heterocycles. The molecule has 15 heavy (non-hydrogen) atoms. The Morgan fingerprint density at radius 1 is 1.20 bits per heavy atom. The minimum atomic E-state index is -0.910. The van der Waals surface area contributed by atoms with Gasteiger partial charge in [0.05, 0.1) is 5.57 Å². The Balaban J connectivity index is 2.43. The summed E-state index contributed by atoms with van der Waals surface area (Å²) in [4.78, 5) is 22.0. The Kier molecular flexibility index (Phi) is 2.25. The number of aliphatic hydroxyl groups is 1. The van der Waals surface area contributed by atoms with Crippen LogP contribution in [0.1, 0.15) is 5.56 Å². The molecule has 1 fully saturated rings. The van der Waals surface area contributed by atoms with Crippen molar-refractivity contribution >= 4 is 17.5 Å². The summed E-state index contributed by atoms with van der Waals surface area (Å²) in [6.45, 7) is -0.154. The summed E-state index contributed by atoms with van der Waals surface area (Å²) in [5.74, 6) is -1.87. The topological polar surface area (TPSA) is 63.6 Å². The number of aliphatic hydroxyl groups excluding tert-OH is 1. The van der Waals surface area contributed by atoms with Crippen LogP contribution in [0.3, 0.4) is 0 Å². The van der Waals surface area contributed by atoms with Gasteiger partial charge in [0.15, 0.2) is 0 Å². The smallest absolute Gasteiger partial charge is 0.379 e. The first-order chi connectivity index (χ1) is 7.20. The van der Waals surface area contributed by atoms with E-state index in [1.807, 2.05) is 0 Å². The summed E-state index contributed by atoms with van der Waals surface area (Å²) in [6.07, 6.45) is 0.